The van der Waals surface area contributed by atoms with Crippen molar-refractivity contribution in [2.24, 2.45) is 5.10 Å². The summed E-state index contributed by atoms with van der Waals surface area (Å²) in [6.45, 7) is 3.31. The number of nitrogens with one attached hydrogen (secondary N) is 1. The van der Waals surface area contributed by atoms with Crippen LogP contribution in [-0.2, 0) is 4.79 Å². The number of nitro groups is 1. The molecule has 0 radical (unpaired) electrons. The van der Waals surface area contributed by atoms with E-state index in [2.05, 4.69) is 10.5 Å². The summed E-state index contributed by atoms with van der Waals surface area (Å²) in [6.07, 6.45) is 1.44. The van der Waals surface area contributed by atoms with Crippen LogP contribution >= 0.6 is 0 Å². The van der Waals surface area contributed by atoms with E-state index >= 15 is 0 Å². The lowest BCUT2D eigenvalue weighted by Gasteiger charge is -2.06. The monoisotopic (exact) mass is 447 g/mol. The van der Waals surface area contributed by atoms with E-state index in [0.717, 1.165) is 5.56 Å². The molecule has 3 aromatic carbocycles. The van der Waals surface area contributed by atoms with Crippen molar-refractivity contribution in [3.8, 4) is 11.5 Å². The average Bonchev–Trinajstić information content (AvgIpc) is 2.78. The quantitative estimate of drug-likeness (QED) is 0.183. The lowest BCUT2D eigenvalue weighted by molar-refractivity contribution is -0.385. The van der Waals surface area contributed by atoms with E-state index in [9.17, 15) is 19.7 Å². The number of nitrogens with zero attached hydrogens (tertiary/aromatic N) is 2. The van der Waals surface area contributed by atoms with Crippen LogP contribution in [0.15, 0.2) is 71.8 Å². The Morgan fingerprint density at radius 2 is 1.79 bits per heavy atom. The van der Waals surface area contributed by atoms with Gasteiger partial charge in [0.15, 0.2) is 6.61 Å². The van der Waals surface area contributed by atoms with Crippen LogP contribution in [0.3, 0.4) is 0 Å². The Balaban J connectivity index is 1.49. The molecule has 0 aliphatic carbocycles. The average molecular weight is 447 g/mol. The van der Waals surface area contributed by atoms with Crippen LogP contribution in [-0.4, -0.2) is 29.6 Å². The molecular formula is C24H21N3O6. The Bertz CT molecular complexity index is 1210. The number of hydrazone groups is 1. The highest BCUT2D eigenvalue weighted by Gasteiger charge is 2.15. The number of carbonyl (C=O) groups is 2. The van der Waals surface area contributed by atoms with Crippen molar-refractivity contribution in [1.29, 1.82) is 0 Å². The van der Waals surface area contributed by atoms with Gasteiger partial charge in [0, 0.05) is 11.6 Å². The Labute approximate surface area is 189 Å². The van der Waals surface area contributed by atoms with Crippen molar-refractivity contribution < 1.29 is 24.0 Å². The summed E-state index contributed by atoms with van der Waals surface area (Å²) in [4.78, 5) is 34.5. The highest BCUT2D eigenvalue weighted by molar-refractivity contribution is 5.91. The first-order valence-corrected chi connectivity index (χ1v) is 9.90. The highest BCUT2D eigenvalue weighted by atomic mass is 16.6. The number of benzene rings is 3. The molecule has 3 aromatic rings. The number of aryl methyl sites for hydroxylation is 2. The van der Waals surface area contributed by atoms with Crippen LogP contribution in [0.1, 0.15) is 27.0 Å². The third kappa shape index (κ3) is 6.73. The predicted octanol–water partition coefficient (Wildman–Crippen LogP) is 3.96. The minimum absolute atomic E-state index is 0.0657. The summed E-state index contributed by atoms with van der Waals surface area (Å²) in [5.74, 6) is -0.140. The second kappa shape index (κ2) is 10.7. The van der Waals surface area contributed by atoms with E-state index in [1.165, 1.54) is 24.4 Å². The zero-order valence-corrected chi connectivity index (χ0v) is 18.0. The number of nitro benzene ring substituents is 1. The van der Waals surface area contributed by atoms with Crippen LogP contribution < -0.4 is 14.9 Å². The molecule has 168 valence electrons. The maximum atomic E-state index is 12.3. The molecule has 0 atom stereocenters. The summed E-state index contributed by atoms with van der Waals surface area (Å²) in [7, 11) is 0. The van der Waals surface area contributed by atoms with Crippen molar-refractivity contribution in [3.63, 3.8) is 0 Å². The van der Waals surface area contributed by atoms with Crippen molar-refractivity contribution in [3.05, 3.63) is 99.1 Å². The molecule has 0 aliphatic rings. The van der Waals surface area contributed by atoms with Gasteiger partial charge in [-0.25, -0.2) is 10.2 Å². The van der Waals surface area contributed by atoms with Gasteiger partial charge in [-0.2, -0.15) is 5.10 Å². The second-order valence-electron chi connectivity index (χ2n) is 7.12. The molecule has 1 N–H and O–H groups in total. The van der Waals surface area contributed by atoms with Crippen LogP contribution in [0, 0.1) is 24.0 Å². The van der Waals surface area contributed by atoms with Crippen molar-refractivity contribution >= 4 is 23.8 Å². The van der Waals surface area contributed by atoms with Gasteiger partial charge in [-0.1, -0.05) is 12.1 Å². The maximum Gasteiger partial charge on any atom is 0.343 e. The third-order valence-electron chi connectivity index (χ3n) is 4.48. The molecule has 0 fully saturated rings. The fourth-order valence-electron chi connectivity index (χ4n) is 2.84. The van der Waals surface area contributed by atoms with Gasteiger partial charge in [-0.05, 0) is 73.5 Å². The molecular weight excluding hydrogens is 426 g/mol. The number of ether oxygens (including phenoxy) is 2. The summed E-state index contributed by atoms with van der Waals surface area (Å²) in [5, 5.41) is 14.8. The van der Waals surface area contributed by atoms with Gasteiger partial charge in [-0.15, -0.1) is 0 Å². The summed E-state index contributed by atoms with van der Waals surface area (Å²) >= 11 is 0. The summed E-state index contributed by atoms with van der Waals surface area (Å²) in [5.41, 5.74) is 4.58. The normalized spacial score (nSPS) is 10.6. The number of esters is 1. The standard InChI is InChI=1S/C24H21N3O6/c1-16-4-3-5-21(12-16)32-15-23(28)26-25-14-18-6-9-20(10-7-18)33-24(29)19-8-11-22(27(30)31)17(2)13-19/h3-14H,15H2,1-2H3,(H,26,28). The Hall–Kier alpha value is -4.53. The van der Waals surface area contributed by atoms with Gasteiger partial charge in [0.1, 0.15) is 11.5 Å². The number of hydrogen-bond acceptors (Lipinski definition) is 7. The number of amides is 1. The van der Waals surface area contributed by atoms with Gasteiger partial charge < -0.3 is 9.47 Å². The van der Waals surface area contributed by atoms with Crippen molar-refractivity contribution in [2.45, 2.75) is 13.8 Å². The van der Waals surface area contributed by atoms with E-state index in [4.69, 9.17) is 9.47 Å². The predicted molar refractivity (Wildman–Crippen MR) is 122 cm³/mol. The van der Waals surface area contributed by atoms with Gasteiger partial charge in [-0.3, -0.25) is 14.9 Å². The van der Waals surface area contributed by atoms with Crippen LogP contribution in [0.2, 0.25) is 0 Å². The van der Waals surface area contributed by atoms with Crippen molar-refractivity contribution in [1.82, 2.24) is 5.43 Å². The minimum atomic E-state index is -0.629. The minimum Gasteiger partial charge on any atom is -0.484 e. The van der Waals surface area contributed by atoms with E-state index in [1.54, 1.807) is 37.3 Å². The molecule has 33 heavy (non-hydrogen) atoms. The van der Waals surface area contributed by atoms with Gasteiger partial charge in [0.05, 0.1) is 16.7 Å². The van der Waals surface area contributed by atoms with E-state index < -0.39 is 16.8 Å². The van der Waals surface area contributed by atoms with Crippen LogP contribution in [0.5, 0.6) is 11.5 Å². The molecule has 0 aromatic heterocycles. The van der Waals surface area contributed by atoms with E-state index in [-0.39, 0.29) is 17.9 Å². The molecule has 9 nitrogen and oxygen atoms in total. The van der Waals surface area contributed by atoms with Gasteiger partial charge in [0.25, 0.3) is 11.6 Å². The summed E-state index contributed by atoms with van der Waals surface area (Å²) < 4.78 is 10.7. The molecule has 0 saturated heterocycles. The highest BCUT2D eigenvalue weighted by Crippen LogP contribution is 2.20. The topological polar surface area (TPSA) is 120 Å². The Morgan fingerprint density at radius 3 is 2.45 bits per heavy atom. The first kappa shape index (κ1) is 23.1. The molecule has 3 rings (SSSR count). The molecule has 0 heterocycles. The molecule has 0 bridgehead atoms. The number of hydrogen-bond donors (Lipinski definition) is 1. The van der Waals surface area contributed by atoms with Crippen LogP contribution in [0.4, 0.5) is 5.69 Å². The van der Waals surface area contributed by atoms with Crippen LogP contribution in [0.25, 0.3) is 0 Å². The SMILES string of the molecule is Cc1cccc(OCC(=O)NN=Cc2ccc(OC(=O)c3ccc([N+](=O)[O-])c(C)c3)cc2)c1. The first-order chi connectivity index (χ1) is 15.8. The lowest BCUT2D eigenvalue weighted by atomic mass is 10.1. The zero-order valence-electron chi connectivity index (χ0n) is 18.0. The van der Waals surface area contributed by atoms with E-state index in [1.807, 2.05) is 25.1 Å². The molecule has 0 spiro atoms. The zero-order chi connectivity index (χ0) is 23.8. The number of carbonyl (C=O) groups excluding carboxylic acids is 2. The fourth-order valence-corrected chi connectivity index (χ4v) is 2.84. The van der Waals surface area contributed by atoms with Crippen molar-refractivity contribution in [2.75, 3.05) is 6.61 Å². The molecule has 0 saturated carbocycles. The molecule has 0 aliphatic heterocycles. The Morgan fingerprint density at radius 1 is 1.03 bits per heavy atom. The van der Waals surface area contributed by atoms with Gasteiger partial charge in [0.2, 0.25) is 0 Å². The Kier molecular flexibility index (Phi) is 7.48. The fraction of sp³-hybridized carbons (Fsp3) is 0.125. The maximum absolute atomic E-state index is 12.3. The lowest BCUT2D eigenvalue weighted by Crippen LogP contribution is -2.24. The smallest absolute Gasteiger partial charge is 0.343 e. The van der Waals surface area contributed by atoms with E-state index in [0.29, 0.717) is 22.6 Å². The summed E-state index contributed by atoms with van der Waals surface area (Å²) in [6, 6.07) is 17.8. The molecule has 1 amide bonds. The third-order valence-corrected chi connectivity index (χ3v) is 4.48. The van der Waals surface area contributed by atoms with Gasteiger partial charge >= 0.3 is 5.97 Å². The second-order valence-corrected chi connectivity index (χ2v) is 7.12. The molecule has 9 heteroatoms. The first-order valence-electron chi connectivity index (χ1n) is 9.90. The largest absolute Gasteiger partial charge is 0.484 e. The molecule has 0 unspecified atom stereocenters. The number of rotatable bonds is 8.